The maximum Gasteiger partial charge on any atom is 0.125 e. The van der Waals surface area contributed by atoms with Gasteiger partial charge in [0.15, 0.2) is 0 Å². The number of halogens is 1. The Hall–Kier alpha value is -1.58. The zero-order chi connectivity index (χ0) is 11.8. The summed E-state index contributed by atoms with van der Waals surface area (Å²) in [5.74, 6) is 0. The fourth-order valence-corrected chi connectivity index (χ4v) is 2.96. The number of thiophene rings is 1. The molecule has 3 aromatic rings. The van der Waals surface area contributed by atoms with Gasteiger partial charge in [0.25, 0.3) is 0 Å². The maximum absolute atomic E-state index is 6.15. The third-order valence-electron chi connectivity index (χ3n) is 2.61. The van der Waals surface area contributed by atoms with Crippen LogP contribution in [0.2, 0.25) is 5.02 Å². The third kappa shape index (κ3) is 1.77. The summed E-state index contributed by atoms with van der Waals surface area (Å²) < 4.78 is 0. The summed E-state index contributed by atoms with van der Waals surface area (Å²) in [5.41, 5.74) is 8.02. The van der Waals surface area contributed by atoms with Gasteiger partial charge in [-0.3, -0.25) is 0 Å². The first-order valence-electron chi connectivity index (χ1n) is 5.14. The maximum atomic E-state index is 6.15. The van der Waals surface area contributed by atoms with Gasteiger partial charge in [0.2, 0.25) is 0 Å². The second-order valence-electron chi connectivity index (χ2n) is 3.71. The average molecular weight is 261 g/mol. The largest absolute Gasteiger partial charge is 0.397 e. The molecule has 0 unspecified atom stereocenters. The normalized spacial score (nSPS) is 10.9. The van der Waals surface area contributed by atoms with Crippen molar-refractivity contribution >= 4 is 38.8 Å². The first-order valence-corrected chi connectivity index (χ1v) is 6.34. The van der Waals surface area contributed by atoms with Gasteiger partial charge in [-0.2, -0.15) is 0 Å². The van der Waals surface area contributed by atoms with E-state index < -0.39 is 0 Å². The number of benzene rings is 1. The van der Waals surface area contributed by atoms with Crippen LogP contribution >= 0.6 is 22.9 Å². The van der Waals surface area contributed by atoms with E-state index in [1.54, 1.807) is 17.5 Å². The summed E-state index contributed by atoms with van der Waals surface area (Å²) in [5, 5.41) is 1.74. The summed E-state index contributed by atoms with van der Waals surface area (Å²) in [6.45, 7) is 0. The number of anilines is 1. The van der Waals surface area contributed by atoms with Gasteiger partial charge in [0.05, 0.1) is 10.6 Å². The van der Waals surface area contributed by atoms with Crippen molar-refractivity contribution in [3.8, 4) is 10.4 Å². The fraction of sp³-hybridized carbons (Fsp3) is 0. The van der Waals surface area contributed by atoms with Crippen molar-refractivity contribution in [2.75, 3.05) is 5.73 Å². The standard InChI is InChI=1S/C13H9ClN2S/c14-9-5-3-8(4-6-9)12-11(15)10-2-1-7-16-13(10)17-12/h1-7H,15H2. The first-order chi connectivity index (χ1) is 8.25. The van der Waals surface area contributed by atoms with Gasteiger partial charge in [-0.05, 0) is 29.8 Å². The van der Waals surface area contributed by atoms with Crippen molar-refractivity contribution in [1.29, 1.82) is 0 Å². The minimum Gasteiger partial charge on any atom is -0.397 e. The predicted octanol–water partition coefficient (Wildman–Crippen LogP) is 4.20. The summed E-state index contributed by atoms with van der Waals surface area (Å²) in [7, 11) is 0. The lowest BCUT2D eigenvalue weighted by molar-refractivity contribution is 1.45. The summed E-state index contributed by atoms with van der Waals surface area (Å²) >= 11 is 7.48. The Bertz CT molecular complexity index is 673. The molecule has 0 atom stereocenters. The molecule has 0 amide bonds. The molecule has 0 radical (unpaired) electrons. The number of nitrogen functional groups attached to an aromatic ring is 1. The highest BCUT2D eigenvalue weighted by Gasteiger charge is 2.11. The van der Waals surface area contributed by atoms with E-state index in [1.807, 2.05) is 36.4 Å². The summed E-state index contributed by atoms with van der Waals surface area (Å²) in [6.07, 6.45) is 1.78. The second kappa shape index (κ2) is 4.02. The van der Waals surface area contributed by atoms with Crippen LogP contribution in [0.3, 0.4) is 0 Å². The number of hydrogen-bond acceptors (Lipinski definition) is 3. The lowest BCUT2D eigenvalue weighted by Gasteiger charge is -1.99. The Morgan fingerprint density at radius 2 is 1.88 bits per heavy atom. The van der Waals surface area contributed by atoms with Crippen molar-refractivity contribution in [1.82, 2.24) is 4.98 Å². The minimum atomic E-state index is 0.728. The molecule has 2 N–H and O–H groups in total. The zero-order valence-electron chi connectivity index (χ0n) is 8.85. The van der Waals surface area contributed by atoms with Crippen molar-refractivity contribution in [3.63, 3.8) is 0 Å². The lowest BCUT2D eigenvalue weighted by atomic mass is 10.1. The Morgan fingerprint density at radius 1 is 1.12 bits per heavy atom. The summed E-state index contributed by atoms with van der Waals surface area (Å²) in [6, 6.07) is 11.6. The Labute approximate surface area is 108 Å². The molecular formula is C13H9ClN2S. The van der Waals surface area contributed by atoms with E-state index in [9.17, 15) is 0 Å². The first kappa shape index (κ1) is 10.6. The molecule has 0 saturated heterocycles. The van der Waals surface area contributed by atoms with E-state index >= 15 is 0 Å². The fourth-order valence-electron chi connectivity index (χ4n) is 1.77. The molecule has 0 aliphatic heterocycles. The van der Waals surface area contributed by atoms with Crippen LogP contribution in [0, 0.1) is 0 Å². The molecule has 0 aliphatic rings. The van der Waals surface area contributed by atoms with E-state index in [-0.39, 0.29) is 0 Å². The molecule has 3 rings (SSSR count). The molecular weight excluding hydrogens is 252 g/mol. The molecule has 1 aromatic carbocycles. The molecule has 4 heteroatoms. The Morgan fingerprint density at radius 3 is 2.59 bits per heavy atom. The molecule has 0 bridgehead atoms. The van der Waals surface area contributed by atoms with Gasteiger partial charge in [-0.15, -0.1) is 11.3 Å². The number of nitrogens with two attached hydrogens (primary N) is 1. The summed E-state index contributed by atoms with van der Waals surface area (Å²) in [4.78, 5) is 6.34. The van der Waals surface area contributed by atoms with Gasteiger partial charge in [-0.1, -0.05) is 23.7 Å². The molecule has 0 spiro atoms. The van der Waals surface area contributed by atoms with Gasteiger partial charge >= 0.3 is 0 Å². The van der Waals surface area contributed by atoms with Crippen LogP contribution in [0.15, 0.2) is 42.6 Å². The molecule has 2 aromatic heterocycles. The molecule has 2 nitrogen and oxygen atoms in total. The molecule has 0 aliphatic carbocycles. The van der Waals surface area contributed by atoms with Crippen LogP contribution in [0.4, 0.5) is 5.69 Å². The smallest absolute Gasteiger partial charge is 0.125 e. The number of hydrogen-bond donors (Lipinski definition) is 1. The van der Waals surface area contributed by atoms with E-state index in [1.165, 1.54) is 0 Å². The lowest BCUT2D eigenvalue weighted by Crippen LogP contribution is -1.85. The van der Waals surface area contributed by atoms with E-state index in [0.29, 0.717) is 0 Å². The highest BCUT2D eigenvalue weighted by molar-refractivity contribution is 7.22. The molecule has 84 valence electrons. The van der Waals surface area contributed by atoms with E-state index in [0.717, 1.165) is 31.4 Å². The van der Waals surface area contributed by atoms with Gasteiger partial charge < -0.3 is 5.73 Å². The van der Waals surface area contributed by atoms with Gasteiger partial charge in [-0.25, -0.2) is 4.98 Å². The van der Waals surface area contributed by atoms with Crippen molar-refractivity contribution < 1.29 is 0 Å². The van der Waals surface area contributed by atoms with Crippen molar-refractivity contribution in [3.05, 3.63) is 47.6 Å². The number of pyridine rings is 1. The van der Waals surface area contributed by atoms with Gasteiger partial charge in [0, 0.05) is 16.6 Å². The Kier molecular flexibility index (Phi) is 2.50. The predicted molar refractivity (Wildman–Crippen MR) is 74.5 cm³/mol. The third-order valence-corrected chi connectivity index (χ3v) is 4.04. The topological polar surface area (TPSA) is 38.9 Å². The molecule has 17 heavy (non-hydrogen) atoms. The number of rotatable bonds is 1. The highest BCUT2D eigenvalue weighted by atomic mass is 35.5. The van der Waals surface area contributed by atoms with Crippen LogP contribution in [0.25, 0.3) is 20.7 Å². The van der Waals surface area contributed by atoms with Gasteiger partial charge in [0.1, 0.15) is 4.83 Å². The average Bonchev–Trinajstić information content (AvgIpc) is 2.69. The van der Waals surface area contributed by atoms with E-state index in [2.05, 4.69) is 4.98 Å². The zero-order valence-corrected chi connectivity index (χ0v) is 10.4. The second-order valence-corrected chi connectivity index (χ2v) is 5.14. The Balaban J connectivity index is 2.24. The number of fused-ring (bicyclic) bond motifs is 1. The molecule has 0 saturated carbocycles. The minimum absolute atomic E-state index is 0.728. The van der Waals surface area contributed by atoms with Crippen LogP contribution in [0.1, 0.15) is 0 Å². The van der Waals surface area contributed by atoms with Crippen LogP contribution in [-0.4, -0.2) is 4.98 Å². The number of aromatic nitrogens is 1. The molecule has 0 fully saturated rings. The quantitative estimate of drug-likeness (QED) is 0.712. The SMILES string of the molecule is Nc1c(-c2ccc(Cl)cc2)sc2ncccc12. The monoisotopic (exact) mass is 260 g/mol. The number of nitrogens with zero attached hydrogens (tertiary/aromatic N) is 1. The van der Waals surface area contributed by atoms with Crippen LogP contribution in [-0.2, 0) is 0 Å². The van der Waals surface area contributed by atoms with Crippen molar-refractivity contribution in [2.24, 2.45) is 0 Å². The molecule has 2 heterocycles. The van der Waals surface area contributed by atoms with E-state index in [4.69, 9.17) is 17.3 Å². The van der Waals surface area contributed by atoms with Crippen molar-refractivity contribution in [2.45, 2.75) is 0 Å². The highest BCUT2D eigenvalue weighted by Crippen LogP contribution is 2.39. The van der Waals surface area contributed by atoms with Crippen LogP contribution < -0.4 is 5.73 Å². The van der Waals surface area contributed by atoms with Crippen LogP contribution in [0.5, 0.6) is 0 Å².